The van der Waals surface area contributed by atoms with E-state index in [-0.39, 0.29) is 0 Å². The molecule has 2 aromatic heterocycles. The molecule has 1 fully saturated rings. The highest BCUT2D eigenvalue weighted by Crippen LogP contribution is 2.39. The molecular formula is C18H19N5O. The standard InChI is InChI=1S/C18H19N5O/c1-11-10-20-17(21-11)14-6-5-13(9-16(14)24-2)22-18-19-8-7-15(23-18)12-3-4-12/h5-10,12H,3-4H2,1-2H3,(H,20,21)(H,19,22,23). The van der Waals surface area contributed by atoms with Crippen LogP contribution in [0.3, 0.4) is 0 Å². The first-order chi connectivity index (χ1) is 11.7. The average Bonchev–Trinajstić information content (AvgIpc) is 3.37. The summed E-state index contributed by atoms with van der Waals surface area (Å²) in [4.78, 5) is 16.5. The van der Waals surface area contributed by atoms with Gasteiger partial charge in [-0.15, -0.1) is 0 Å². The molecule has 0 atom stereocenters. The van der Waals surface area contributed by atoms with Crippen molar-refractivity contribution in [1.82, 2.24) is 19.9 Å². The fourth-order valence-corrected chi connectivity index (χ4v) is 2.68. The van der Waals surface area contributed by atoms with Gasteiger partial charge in [0.05, 0.1) is 12.7 Å². The van der Waals surface area contributed by atoms with E-state index in [1.807, 2.05) is 31.2 Å². The Bertz CT molecular complexity index is 869. The molecule has 0 amide bonds. The van der Waals surface area contributed by atoms with Gasteiger partial charge in [-0.3, -0.25) is 0 Å². The van der Waals surface area contributed by atoms with Crippen LogP contribution in [-0.2, 0) is 0 Å². The van der Waals surface area contributed by atoms with E-state index < -0.39 is 0 Å². The predicted octanol–water partition coefficient (Wildman–Crippen LogP) is 3.80. The Morgan fingerprint density at radius 3 is 2.79 bits per heavy atom. The smallest absolute Gasteiger partial charge is 0.227 e. The second kappa shape index (κ2) is 5.96. The molecule has 0 bridgehead atoms. The normalized spacial score (nSPS) is 13.8. The van der Waals surface area contributed by atoms with Crippen molar-refractivity contribution in [3.8, 4) is 17.1 Å². The molecule has 3 aromatic rings. The molecule has 1 aliphatic rings. The van der Waals surface area contributed by atoms with Crippen molar-refractivity contribution < 1.29 is 4.74 Å². The second-order valence-electron chi connectivity index (χ2n) is 6.03. The van der Waals surface area contributed by atoms with Crippen LogP contribution < -0.4 is 10.1 Å². The van der Waals surface area contributed by atoms with Crippen molar-refractivity contribution >= 4 is 11.6 Å². The lowest BCUT2D eigenvalue weighted by molar-refractivity contribution is 0.416. The van der Waals surface area contributed by atoms with Gasteiger partial charge in [0.25, 0.3) is 0 Å². The van der Waals surface area contributed by atoms with Gasteiger partial charge in [-0.1, -0.05) is 0 Å². The van der Waals surface area contributed by atoms with E-state index in [9.17, 15) is 0 Å². The van der Waals surface area contributed by atoms with Crippen molar-refractivity contribution in [3.63, 3.8) is 0 Å². The number of aromatic nitrogens is 4. The molecule has 0 saturated heterocycles. The minimum atomic E-state index is 0.604. The van der Waals surface area contributed by atoms with Crippen molar-refractivity contribution in [2.24, 2.45) is 0 Å². The number of anilines is 2. The maximum absolute atomic E-state index is 5.52. The van der Waals surface area contributed by atoms with Gasteiger partial charge in [0.2, 0.25) is 5.95 Å². The summed E-state index contributed by atoms with van der Waals surface area (Å²) < 4.78 is 5.52. The Hall–Kier alpha value is -2.89. The molecule has 0 radical (unpaired) electrons. The molecule has 0 aliphatic heterocycles. The maximum Gasteiger partial charge on any atom is 0.227 e. The minimum absolute atomic E-state index is 0.604. The number of rotatable bonds is 5. The molecule has 1 aliphatic carbocycles. The van der Waals surface area contributed by atoms with Crippen LogP contribution in [0.1, 0.15) is 30.1 Å². The Balaban J connectivity index is 1.61. The number of hydrogen-bond acceptors (Lipinski definition) is 5. The largest absolute Gasteiger partial charge is 0.496 e. The van der Waals surface area contributed by atoms with Crippen LogP contribution in [0.4, 0.5) is 11.6 Å². The molecular weight excluding hydrogens is 302 g/mol. The van der Waals surface area contributed by atoms with E-state index in [0.717, 1.165) is 34.2 Å². The minimum Gasteiger partial charge on any atom is -0.496 e. The topological polar surface area (TPSA) is 75.7 Å². The molecule has 4 rings (SSSR count). The lowest BCUT2D eigenvalue weighted by Gasteiger charge is -2.10. The SMILES string of the molecule is COc1cc(Nc2nccc(C3CC3)n2)ccc1-c1ncc(C)[nH]1. The third kappa shape index (κ3) is 2.95. The third-order valence-electron chi connectivity index (χ3n) is 4.09. The third-order valence-corrected chi connectivity index (χ3v) is 4.09. The molecule has 6 heteroatoms. The molecule has 2 N–H and O–H groups in total. The second-order valence-corrected chi connectivity index (χ2v) is 6.03. The molecule has 6 nitrogen and oxygen atoms in total. The lowest BCUT2D eigenvalue weighted by Crippen LogP contribution is -2.00. The molecule has 2 heterocycles. The van der Waals surface area contributed by atoms with Crippen LogP contribution in [0.25, 0.3) is 11.4 Å². The quantitative estimate of drug-likeness (QED) is 0.747. The number of imidazole rings is 1. The highest BCUT2D eigenvalue weighted by molar-refractivity contribution is 5.70. The number of nitrogens with zero attached hydrogens (tertiary/aromatic N) is 3. The average molecular weight is 321 g/mol. The van der Waals surface area contributed by atoms with Crippen molar-refractivity contribution in [3.05, 3.63) is 48.0 Å². The van der Waals surface area contributed by atoms with Gasteiger partial charge in [-0.25, -0.2) is 15.0 Å². The first-order valence-electron chi connectivity index (χ1n) is 8.03. The first kappa shape index (κ1) is 14.7. The Morgan fingerprint density at radius 2 is 2.08 bits per heavy atom. The van der Waals surface area contributed by atoms with Gasteiger partial charge in [-0.2, -0.15) is 0 Å². The summed E-state index contributed by atoms with van der Waals surface area (Å²) in [6, 6.07) is 7.87. The zero-order valence-corrected chi connectivity index (χ0v) is 13.7. The number of ether oxygens (including phenoxy) is 1. The summed E-state index contributed by atoms with van der Waals surface area (Å²) in [5.41, 5.74) is 3.93. The van der Waals surface area contributed by atoms with Gasteiger partial charge in [-0.05, 0) is 38.0 Å². The summed E-state index contributed by atoms with van der Waals surface area (Å²) in [7, 11) is 1.66. The number of aryl methyl sites for hydroxylation is 1. The summed E-state index contributed by atoms with van der Waals surface area (Å²) in [5.74, 6) is 2.76. The number of hydrogen-bond donors (Lipinski definition) is 2. The Labute approximate surface area is 140 Å². The molecule has 24 heavy (non-hydrogen) atoms. The predicted molar refractivity (Wildman–Crippen MR) is 92.6 cm³/mol. The van der Waals surface area contributed by atoms with Gasteiger partial charge >= 0.3 is 0 Å². The van der Waals surface area contributed by atoms with E-state index in [2.05, 4.69) is 25.3 Å². The van der Waals surface area contributed by atoms with E-state index >= 15 is 0 Å². The zero-order valence-electron chi connectivity index (χ0n) is 13.7. The van der Waals surface area contributed by atoms with Crippen molar-refractivity contribution in [2.45, 2.75) is 25.7 Å². The van der Waals surface area contributed by atoms with Gasteiger partial charge in [0.15, 0.2) is 0 Å². The van der Waals surface area contributed by atoms with E-state index in [1.165, 1.54) is 12.8 Å². The number of methoxy groups -OCH3 is 1. The molecule has 0 spiro atoms. The Kier molecular flexibility index (Phi) is 3.65. The van der Waals surface area contributed by atoms with E-state index in [4.69, 9.17) is 4.74 Å². The Morgan fingerprint density at radius 1 is 1.21 bits per heavy atom. The highest BCUT2D eigenvalue weighted by Gasteiger charge is 2.25. The summed E-state index contributed by atoms with van der Waals surface area (Å²) in [6.07, 6.45) is 6.06. The van der Waals surface area contributed by atoms with Crippen LogP contribution in [0.15, 0.2) is 36.7 Å². The fourth-order valence-electron chi connectivity index (χ4n) is 2.68. The van der Waals surface area contributed by atoms with Crippen LogP contribution in [0.5, 0.6) is 5.75 Å². The fraction of sp³-hybridized carbons (Fsp3) is 0.278. The van der Waals surface area contributed by atoms with E-state index in [0.29, 0.717) is 11.9 Å². The van der Waals surface area contributed by atoms with Gasteiger partial charge in [0.1, 0.15) is 11.6 Å². The molecule has 0 unspecified atom stereocenters. The number of nitrogens with one attached hydrogen (secondary N) is 2. The van der Waals surface area contributed by atoms with Crippen LogP contribution in [0, 0.1) is 6.92 Å². The monoisotopic (exact) mass is 321 g/mol. The lowest BCUT2D eigenvalue weighted by atomic mass is 10.1. The van der Waals surface area contributed by atoms with E-state index in [1.54, 1.807) is 19.5 Å². The van der Waals surface area contributed by atoms with Gasteiger partial charge in [0, 0.05) is 41.5 Å². The summed E-state index contributed by atoms with van der Waals surface area (Å²) >= 11 is 0. The van der Waals surface area contributed by atoms with Crippen LogP contribution in [-0.4, -0.2) is 27.0 Å². The first-order valence-corrected chi connectivity index (χ1v) is 8.03. The molecule has 1 saturated carbocycles. The number of aromatic amines is 1. The number of benzene rings is 1. The van der Waals surface area contributed by atoms with Crippen LogP contribution >= 0.6 is 0 Å². The molecule has 122 valence electrons. The van der Waals surface area contributed by atoms with Gasteiger partial charge < -0.3 is 15.0 Å². The van der Waals surface area contributed by atoms with Crippen molar-refractivity contribution in [2.75, 3.05) is 12.4 Å². The summed E-state index contributed by atoms with van der Waals surface area (Å²) in [5, 5.41) is 3.25. The zero-order chi connectivity index (χ0) is 16.5. The maximum atomic E-state index is 5.52. The molecule has 1 aromatic carbocycles. The summed E-state index contributed by atoms with van der Waals surface area (Å²) in [6.45, 7) is 1.98. The van der Waals surface area contributed by atoms with Crippen molar-refractivity contribution in [1.29, 1.82) is 0 Å². The van der Waals surface area contributed by atoms with Crippen LogP contribution in [0.2, 0.25) is 0 Å². The number of H-pyrrole nitrogens is 1. The highest BCUT2D eigenvalue weighted by atomic mass is 16.5.